The number of carbonyl (C=O) groups is 1. The van der Waals surface area contributed by atoms with Gasteiger partial charge in [-0.1, -0.05) is 82.7 Å². The molecule has 0 aliphatic carbocycles. The Bertz CT molecular complexity index is 1530. The van der Waals surface area contributed by atoms with E-state index in [4.69, 9.17) is 19.6 Å². The molecule has 0 radical (unpaired) electrons. The van der Waals surface area contributed by atoms with Crippen LogP contribution in [0.5, 0.6) is 5.75 Å². The SMILES string of the molecule is O=C(NCCc1ccccc1F)[C@]1(Cc2ccccc2)N=C(c2ccc(OCCCO)cc2)O[C@@H]1c1ccccc1Br. The smallest absolute Gasteiger partial charge is 0.252 e. The van der Waals surface area contributed by atoms with E-state index in [0.717, 1.165) is 15.6 Å². The average Bonchev–Trinajstić information content (AvgIpc) is 3.39. The van der Waals surface area contributed by atoms with Gasteiger partial charge in [-0.25, -0.2) is 9.38 Å². The third-order valence-corrected chi connectivity index (χ3v) is 7.89. The van der Waals surface area contributed by atoms with Crippen molar-refractivity contribution in [2.45, 2.75) is 30.9 Å². The lowest BCUT2D eigenvalue weighted by molar-refractivity contribution is -0.128. The molecule has 1 aliphatic rings. The van der Waals surface area contributed by atoms with Crippen LogP contribution in [0.25, 0.3) is 0 Å². The minimum atomic E-state index is -1.34. The van der Waals surface area contributed by atoms with Crippen molar-refractivity contribution in [3.05, 3.63) is 136 Å². The topological polar surface area (TPSA) is 80.2 Å². The molecular formula is C34H32BrFN2O4. The minimum absolute atomic E-state index is 0.0605. The number of nitrogens with one attached hydrogen (secondary N) is 1. The van der Waals surface area contributed by atoms with Crippen LogP contribution in [0.15, 0.2) is 113 Å². The predicted molar refractivity (Wildman–Crippen MR) is 164 cm³/mol. The van der Waals surface area contributed by atoms with E-state index in [0.29, 0.717) is 42.2 Å². The number of rotatable bonds is 12. The highest BCUT2D eigenvalue weighted by Gasteiger charge is 2.53. The molecule has 0 bridgehead atoms. The summed E-state index contributed by atoms with van der Waals surface area (Å²) in [5.74, 6) is 0.403. The fraction of sp³-hybridized carbons (Fsp3) is 0.235. The Morgan fingerprint density at radius 3 is 2.43 bits per heavy atom. The van der Waals surface area contributed by atoms with Crippen LogP contribution in [-0.4, -0.2) is 42.2 Å². The molecule has 0 saturated heterocycles. The Hall–Kier alpha value is -4.01. The molecule has 4 aromatic carbocycles. The first-order chi connectivity index (χ1) is 20.5. The Morgan fingerprint density at radius 2 is 1.69 bits per heavy atom. The molecule has 0 fully saturated rings. The van der Waals surface area contributed by atoms with Crippen molar-refractivity contribution in [1.82, 2.24) is 5.32 Å². The Balaban J connectivity index is 1.51. The minimum Gasteiger partial charge on any atom is -0.494 e. The van der Waals surface area contributed by atoms with E-state index in [-0.39, 0.29) is 31.3 Å². The molecule has 2 N–H and O–H groups in total. The van der Waals surface area contributed by atoms with E-state index in [1.807, 2.05) is 78.9 Å². The molecule has 0 unspecified atom stereocenters. The summed E-state index contributed by atoms with van der Waals surface area (Å²) in [5.41, 5.74) is 1.62. The highest BCUT2D eigenvalue weighted by molar-refractivity contribution is 9.10. The quantitative estimate of drug-likeness (QED) is 0.182. The third-order valence-electron chi connectivity index (χ3n) is 7.17. The van der Waals surface area contributed by atoms with E-state index in [1.165, 1.54) is 6.07 Å². The van der Waals surface area contributed by atoms with Gasteiger partial charge in [-0.2, -0.15) is 0 Å². The standard InChI is InChI=1S/C34H32BrFN2O4/c35-29-13-6-5-12-28(29)31-34(23-24-9-2-1-3-10-24,33(40)37-20-19-25-11-4-7-14-30(25)36)38-32(42-31)26-15-17-27(18-16-26)41-22-8-21-39/h1-7,9-18,31,39H,8,19-23H2,(H,37,40)/t31-,34-/m1/s1. The molecule has 8 heteroatoms. The summed E-state index contributed by atoms with van der Waals surface area (Å²) in [5, 5.41) is 12.1. The van der Waals surface area contributed by atoms with Gasteiger partial charge < -0.3 is 19.9 Å². The highest BCUT2D eigenvalue weighted by Crippen LogP contribution is 2.44. The monoisotopic (exact) mass is 630 g/mol. The lowest BCUT2D eigenvalue weighted by Gasteiger charge is -2.31. The molecule has 5 rings (SSSR count). The second kappa shape index (κ2) is 13.8. The number of amides is 1. The average molecular weight is 632 g/mol. The van der Waals surface area contributed by atoms with Crippen LogP contribution >= 0.6 is 15.9 Å². The van der Waals surface area contributed by atoms with E-state index < -0.39 is 11.6 Å². The second-order valence-electron chi connectivity index (χ2n) is 10.1. The number of benzene rings is 4. The van der Waals surface area contributed by atoms with Crippen LogP contribution in [0.3, 0.4) is 0 Å². The predicted octanol–water partition coefficient (Wildman–Crippen LogP) is 6.21. The molecule has 4 aromatic rings. The van der Waals surface area contributed by atoms with Crippen LogP contribution in [0, 0.1) is 5.82 Å². The molecule has 0 spiro atoms. The van der Waals surface area contributed by atoms with E-state index in [1.54, 1.807) is 18.2 Å². The number of hydrogen-bond donors (Lipinski definition) is 2. The maximum Gasteiger partial charge on any atom is 0.252 e. The summed E-state index contributed by atoms with van der Waals surface area (Å²) >= 11 is 3.66. The fourth-order valence-electron chi connectivity index (χ4n) is 5.02. The molecule has 0 aromatic heterocycles. The number of nitrogens with zero attached hydrogens (tertiary/aromatic N) is 1. The normalized spacial score (nSPS) is 17.8. The van der Waals surface area contributed by atoms with Crippen molar-refractivity contribution in [1.29, 1.82) is 0 Å². The summed E-state index contributed by atoms with van der Waals surface area (Å²) < 4.78 is 27.3. The van der Waals surface area contributed by atoms with Crippen molar-refractivity contribution in [2.75, 3.05) is 19.8 Å². The van der Waals surface area contributed by atoms with Gasteiger partial charge in [0.1, 0.15) is 11.6 Å². The van der Waals surface area contributed by atoms with Gasteiger partial charge in [-0.05, 0) is 53.9 Å². The van der Waals surface area contributed by atoms with E-state index >= 15 is 0 Å². The summed E-state index contributed by atoms with van der Waals surface area (Å²) in [6.45, 7) is 0.708. The van der Waals surface area contributed by atoms with Crippen LogP contribution in [0.1, 0.15) is 34.8 Å². The molecule has 216 valence electrons. The van der Waals surface area contributed by atoms with Gasteiger partial charge in [-0.3, -0.25) is 4.79 Å². The van der Waals surface area contributed by atoms with Crippen molar-refractivity contribution in [3.8, 4) is 5.75 Å². The number of carbonyl (C=O) groups excluding carboxylic acids is 1. The van der Waals surface area contributed by atoms with Gasteiger partial charge in [0.2, 0.25) is 5.90 Å². The van der Waals surface area contributed by atoms with Gasteiger partial charge in [-0.15, -0.1) is 0 Å². The van der Waals surface area contributed by atoms with Crippen molar-refractivity contribution in [3.63, 3.8) is 0 Å². The number of hydrogen-bond acceptors (Lipinski definition) is 5. The van der Waals surface area contributed by atoms with Crippen LogP contribution in [-0.2, 0) is 22.4 Å². The largest absolute Gasteiger partial charge is 0.494 e. The molecular weight excluding hydrogens is 599 g/mol. The number of ether oxygens (including phenoxy) is 2. The summed E-state index contributed by atoms with van der Waals surface area (Å²) in [7, 11) is 0. The van der Waals surface area contributed by atoms with E-state index in [9.17, 15) is 9.18 Å². The van der Waals surface area contributed by atoms with Gasteiger partial charge in [0.05, 0.1) is 6.61 Å². The van der Waals surface area contributed by atoms with Crippen LogP contribution in [0.4, 0.5) is 4.39 Å². The zero-order valence-corrected chi connectivity index (χ0v) is 24.6. The number of aliphatic imine (C=N–C) groups is 1. The van der Waals surface area contributed by atoms with Crippen molar-refractivity contribution < 1.29 is 23.8 Å². The number of aliphatic hydroxyl groups excluding tert-OH is 1. The first-order valence-electron chi connectivity index (χ1n) is 13.9. The second-order valence-corrected chi connectivity index (χ2v) is 10.9. The molecule has 1 amide bonds. The number of aliphatic hydroxyl groups is 1. The van der Waals surface area contributed by atoms with E-state index in [2.05, 4.69) is 21.2 Å². The summed E-state index contributed by atoms with van der Waals surface area (Å²) in [6.07, 6.45) is 0.433. The van der Waals surface area contributed by atoms with Gasteiger partial charge in [0.15, 0.2) is 11.6 Å². The maximum absolute atomic E-state index is 14.3. The molecule has 2 atom stereocenters. The Labute approximate surface area is 253 Å². The van der Waals surface area contributed by atoms with Gasteiger partial charge in [0.25, 0.3) is 5.91 Å². The van der Waals surface area contributed by atoms with Crippen LogP contribution < -0.4 is 10.1 Å². The molecule has 0 saturated carbocycles. The molecule has 1 heterocycles. The molecule has 42 heavy (non-hydrogen) atoms. The zero-order valence-electron chi connectivity index (χ0n) is 23.0. The summed E-state index contributed by atoms with van der Waals surface area (Å²) in [6, 6.07) is 31.3. The Morgan fingerprint density at radius 1 is 0.976 bits per heavy atom. The Kier molecular flexibility index (Phi) is 9.66. The van der Waals surface area contributed by atoms with Gasteiger partial charge in [0, 0.05) is 41.6 Å². The highest BCUT2D eigenvalue weighted by atomic mass is 79.9. The lowest BCUT2D eigenvalue weighted by Crippen LogP contribution is -2.50. The lowest BCUT2D eigenvalue weighted by atomic mass is 9.82. The third kappa shape index (κ3) is 6.72. The first-order valence-corrected chi connectivity index (χ1v) is 14.7. The number of halogens is 2. The van der Waals surface area contributed by atoms with Crippen molar-refractivity contribution in [2.24, 2.45) is 4.99 Å². The summed E-state index contributed by atoms with van der Waals surface area (Å²) in [4.78, 5) is 19.3. The fourth-order valence-corrected chi connectivity index (χ4v) is 5.51. The zero-order chi connectivity index (χ0) is 29.4. The molecule has 1 aliphatic heterocycles. The van der Waals surface area contributed by atoms with Gasteiger partial charge >= 0.3 is 0 Å². The van der Waals surface area contributed by atoms with Crippen molar-refractivity contribution >= 4 is 27.7 Å². The molecule has 6 nitrogen and oxygen atoms in total. The first kappa shape index (κ1) is 29.5. The van der Waals surface area contributed by atoms with Crippen LogP contribution in [0.2, 0.25) is 0 Å². The maximum atomic E-state index is 14.3.